The van der Waals surface area contributed by atoms with Crippen molar-refractivity contribution >= 4 is 23.0 Å². The topological polar surface area (TPSA) is 87.5 Å². The van der Waals surface area contributed by atoms with Crippen molar-refractivity contribution in [2.45, 2.75) is 6.92 Å². The molecule has 3 rings (SSSR count). The molecule has 0 aliphatic carbocycles. The molecule has 7 nitrogen and oxygen atoms in total. The van der Waals surface area contributed by atoms with Crippen LogP contribution in [0.2, 0.25) is 0 Å². The average Bonchev–Trinajstić information content (AvgIpc) is 2.62. The van der Waals surface area contributed by atoms with E-state index in [0.29, 0.717) is 16.9 Å². The zero-order valence-electron chi connectivity index (χ0n) is 14.0. The van der Waals surface area contributed by atoms with Crippen molar-refractivity contribution in [1.29, 1.82) is 0 Å². The maximum Gasteiger partial charge on any atom is 0.294 e. The minimum absolute atomic E-state index is 0.00415. The maximum atomic E-state index is 12.4. The van der Waals surface area contributed by atoms with E-state index in [-0.39, 0.29) is 11.6 Å². The van der Waals surface area contributed by atoms with Crippen LogP contribution >= 0.6 is 0 Å². The highest BCUT2D eigenvalue weighted by Crippen LogP contribution is 2.31. The molecule has 2 aromatic rings. The van der Waals surface area contributed by atoms with Gasteiger partial charge in [0, 0.05) is 43.5 Å². The molecule has 0 aromatic heterocycles. The van der Waals surface area contributed by atoms with Crippen LogP contribution in [0.3, 0.4) is 0 Å². The smallest absolute Gasteiger partial charge is 0.294 e. The summed E-state index contributed by atoms with van der Waals surface area (Å²) in [6.45, 7) is 4.88. The van der Waals surface area contributed by atoms with Crippen molar-refractivity contribution in [3.63, 3.8) is 0 Å². The Morgan fingerprint density at radius 1 is 1.20 bits per heavy atom. The Kier molecular flexibility index (Phi) is 4.95. The fourth-order valence-electron chi connectivity index (χ4n) is 2.95. The molecule has 0 bridgehead atoms. The van der Waals surface area contributed by atoms with Crippen LogP contribution in [0.4, 0.5) is 17.1 Å². The van der Waals surface area contributed by atoms with Crippen LogP contribution in [-0.4, -0.2) is 37.0 Å². The summed E-state index contributed by atoms with van der Waals surface area (Å²) in [7, 11) is 0. The highest BCUT2D eigenvalue weighted by atomic mass is 16.6. The van der Waals surface area contributed by atoms with Gasteiger partial charge in [0.15, 0.2) is 0 Å². The molecule has 2 N–H and O–H groups in total. The number of anilines is 2. The normalized spacial score (nSPS) is 14.2. The van der Waals surface area contributed by atoms with Gasteiger partial charge in [-0.25, -0.2) is 0 Å². The molecule has 2 aromatic carbocycles. The number of carbonyl (C=O) groups is 1. The molecular weight excluding hydrogens is 320 g/mol. The van der Waals surface area contributed by atoms with Gasteiger partial charge in [0.1, 0.15) is 5.69 Å². The average molecular weight is 340 g/mol. The molecule has 1 amide bonds. The van der Waals surface area contributed by atoms with Crippen LogP contribution in [0, 0.1) is 17.0 Å². The number of rotatable bonds is 4. The minimum atomic E-state index is -0.402. The molecule has 1 saturated heterocycles. The number of aryl methyl sites for hydroxylation is 1. The Labute approximate surface area is 145 Å². The van der Waals surface area contributed by atoms with E-state index in [2.05, 4.69) is 10.6 Å². The quantitative estimate of drug-likeness (QED) is 0.660. The highest BCUT2D eigenvalue weighted by Gasteiger charge is 2.22. The first-order valence-electron chi connectivity index (χ1n) is 8.17. The first kappa shape index (κ1) is 16.9. The number of amides is 1. The highest BCUT2D eigenvalue weighted by molar-refractivity contribution is 6.05. The van der Waals surface area contributed by atoms with Gasteiger partial charge >= 0.3 is 0 Å². The van der Waals surface area contributed by atoms with E-state index in [4.69, 9.17) is 0 Å². The molecule has 1 heterocycles. The predicted octanol–water partition coefficient (Wildman–Crippen LogP) is 2.57. The Morgan fingerprint density at radius 3 is 2.60 bits per heavy atom. The molecule has 0 unspecified atom stereocenters. The van der Waals surface area contributed by atoms with Crippen molar-refractivity contribution < 1.29 is 9.72 Å². The Balaban J connectivity index is 1.85. The van der Waals surface area contributed by atoms with Gasteiger partial charge in [-0.2, -0.15) is 0 Å². The molecule has 130 valence electrons. The second-order valence-corrected chi connectivity index (χ2v) is 5.97. The van der Waals surface area contributed by atoms with Crippen LogP contribution in [0.25, 0.3) is 0 Å². The Bertz CT molecular complexity index is 801. The molecular formula is C18H20N4O3. The number of hydrogen-bond acceptors (Lipinski definition) is 5. The van der Waals surface area contributed by atoms with E-state index in [9.17, 15) is 14.9 Å². The number of nitro benzene ring substituents is 1. The lowest BCUT2D eigenvalue weighted by Gasteiger charge is -2.29. The summed E-state index contributed by atoms with van der Waals surface area (Å²) >= 11 is 0. The van der Waals surface area contributed by atoms with Gasteiger partial charge in [0.25, 0.3) is 11.6 Å². The van der Waals surface area contributed by atoms with Crippen LogP contribution in [0.1, 0.15) is 15.9 Å². The number of benzene rings is 2. The van der Waals surface area contributed by atoms with E-state index in [1.165, 1.54) is 6.07 Å². The molecule has 25 heavy (non-hydrogen) atoms. The van der Waals surface area contributed by atoms with Gasteiger partial charge in [-0.05, 0) is 30.7 Å². The monoisotopic (exact) mass is 340 g/mol. The second kappa shape index (κ2) is 7.31. The summed E-state index contributed by atoms with van der Waals surface area (Å²) in [4.78, 5) is 25.5. The lowest BCUT2D eigenvalue weighted by atomic mass is 10.1. The van der Waals surface area contributed by atoms with Gasteiger partial charge in [0.2, 0.25) is 0 Å². The van der Waals surface area contributed by atoms with Crippen LogP contribution < -0.4 is 15.5 Å². The molecule has 1 fully saturated rings. The summed E-state index contributed by atoms with van der Waals surface area (Å²) in [5.74, 6) is -0.276. The summed E-state index contributed by atoms with van der Waals surface area (Å²) in [6, 6.07) is 12.1. The van der Waals surface area contributed by atoms with E-state index in [1.54, 1.807) is 24.3 Å². The molecule has 1 aliphatic rings. The predicted molar refractivity (Wildman–Crippen MR) is 97.3 cm³/mol. The van der Waals surface area contributed by atoms with Crippen molar-refractivity contribution in [2.75, 3.05) is 36.4 Å². The standard InChI is InChI=1S/C18H20N4O3/c1-13-4-2-3-5-15(13)18(23)20-14-6-7-16(17(12-14)22(24)25)21-10-8-19-9-11-21/h2-7,12,19H,8-11H2,1H3,(H,20,23). The third-order valence-electron chi connectivity index (χ3n) is 4.28. The summed E-state index contributed by atoms with van der Waals surface area (Å²) < 4.78 is 0. The van der Waals surface area contributed by atoms with Crippen LogP contribution in [-0.2, 0) is 0 Å². The van der Waals surface area contributed by atoms with Crippen LogP contribution in [0.5, 0.6) is 0 Å². The lowest BCUT2D eigenvalue weighted by Crippen LogP contribution is -2.43. The molecule has 7 heteroatoms. The van der Waals surface area contributed by atoms with Gasteiger partial charge in [-0.15, -0.1) is 0 Å². The fourth-order valence-corrected chi connectivity index (χ4v) is 2.95. The van der Waals surface area contributed by atoms with E-state index < -0.39 is 4.92 Å². The number of nitro groups is 1. The van der Waals surface area contributed by atoms with Crippen molar-refractivity contribution in [2.24, 2.45) is 0 Å². The Morgan fingerprint density at radius 2 is 1.92 bits per heavy atom. The first-order chi connectivity index (χ1) is 12.1. The first-order valence-corrected chi connectivity index (χ1v) is 8.17. The molecule has 0 radical (unpaired) electrons. The van der Waals surface area contributed by atoms with Gasteiger partial charge in [0.05, 0.1) is 4.92 Å². The number of hydrogen-bond donors (Lipinski definition) is 2. The van der Waals surface area contributed by atoms with E-state index >= 15 is 0 Å². The number of carbonyl (C=O) groups excluding carboxylic acids is 1. The van der Waals surface area contributed by atoms with Crippen molar-refractivity contribution in [3.8, 4) is 0 Å². The van der Waals surface area contributed by atoms with Crippen LogP contribution in [0.15, 0.2) is 42.5 Å². The molecule has 0 saturated carbocycles. The molecule has 1 aliphatic heterocycles. The summed E-state index contributed by atoms with van der Waals surface area (Å²) in [5, 5.41) is 17.5. The molecule has 0 atom stereocenters. The summed E-state index contributed by atoms with van der Waals surface area (Å²) in [6.07, 6.45) is 0. The fraction of sp³-hybridized carbons (Fsp3) is 0.278. The number of nitrogens with one attached hydrogen (secondary N) is 2. The van der Waals surface area contributed by atoms with Crippen molar-refractivity contribution in [3.05, 3.63) is 63.7 Å². The lowest BCUT2D eigenvalue weighted by molar-refractivity contribution is -0.384. The van der Waals surface area contributed by atoms with Gasteiger partial charge in [-0.3, -0.25) is 14.9 Å². The van der Waals surface area contributed by atoms with E-state index in [1.807, 2.05) is 24.0 Å². The third-order valence-corrected chi connectivity index (χ3v) is 4.28. The SMILES string of the molecule is Cc1ccccc1C(=O)Nc1ccc(N2CCNCC2)c([N+](=O)[O-])c1. The minimum Gasteiger partial charge on any atom is -0.363 e. The molecule has 0 spiro atoms. The zero-order valence-corrected chi connectivity index (χ0v) is 14.0. The largest absolute Gasteiger partial charge is 0.363 e. The second-order valence-electron chi connectivity index (χ2n) is 5.97. The van der Waals surface area contributed by atoms with Gasteiger partial charge in [-0.1, -0.05) is 18.2 Å². The third kappa shape index (κ3) is 3.77. The zero-order chi connectivity index (χ0) is 17.8. The van der Waals surface area contributed by atoms with E-state index in [0.717, 1.165) is 31.7 Å². The maximum absolute atomic E-state index is 12.4. The summed E-state index contributed by atoms with van der Waals surface area (Å²) in [5.41, 5.74) is 2.41. The number of nitrogens with zero attached hydrogens (tertiary/aromatic N) is 2. The number of piperazine rings is 1. The van der Waals surface area contributed by atoms with Crippen molar-refractivity contribution in [1.82, 2.24) is 5.32 Å². The Hall–Kier alpha value is -2.93. The van der Waals surface area contributed by atoms with Gasteiger partial charge < -0.3 is 15.5 Å².